The Morgan fingerprint density at radius 2 is 1.86 bits per heavy atom. The Morgan fingerprint density at radius 1 is 1.14 bits per heavy atom. The summed E-state index contributed by atoms with van der Waals surface area (Å²) < 4.78 is 38.1. The number of aliphatic imine (C=N–C) groups is 1. The van der Waals surface area contributed by atoms with Crippen LogP contribution in [0.15, 0.2) is 53.5 Å². The third kappa shape index (κ3) is 3.62. The first-order chi connectivity index (χ1) is 10.4. The first-order valence-corrected chi connectivity index (χ1v) is 6.10. The highest BCUT2D eigenvalue weighted by molar-refractivity contribution is 5.99. The molecule has 0 bridgehead atoms. The molecule has 2 N–H and O–H groups in total. The smallest absolute Gasteiger partial charge is 0.290 e. The second-order valence-electron chi connectivity index (χ2n) is 4.31. The molecule has 0 atom stereocenters. The van der Waals surface area contributed by atoms with E-state index in [4.69, 9.17) is 10.5 Å². The molecular weight excluding hydrogens is 295 g/mol. The van der Waals surface area contributed by atoms with Gasteiger partial charge in [-0.2, -0.15) is 18.4 Å². The Kier molecular flexibility index (Phi) is 4.44. The zero-order chi connectivity index (χ0) is 16.2. The molecule has 7 heteroatoms. The Morgan fingerprint density at radius 3 is 2.50 bits per heavy atom. The monoisotopic (exact) mass is 305 g/mol. The van der Waals surface area contributed by atoms with Gasteiger partial charge in [-0.3, -0.25) is 10.7 Å². The molecule has 0 aliphatic heterocycles. The van der Waals surface area contributed by atoms with E-state index in [2.05, 4.69) is 4.99 Å². The molecule has 0 aliphatic rings. The van der Waals surface area contributed by atoms with Crippen molar-refractivity contribution in [3.05, 3.63) is 65.2 Å². The van der Waals surface area contributed by atoms with Gasteiger partial charge in [0.05, 0.1) is 22.9 Å². The molecule has 4 nitrogen and oxygen atoms in total. The average Bonchev–Trinajstić information content (AvgIpc) is 2.52. The zero-order valence-corrected chi connectivity index (χ0v) is 11.1. The van der Waals surface area contributed by atoms with Crippen molar-refractivity contribution in [3.63, 3.8) is 0 Å². The van der Waals surface area contributed by atoms with E-state index in [-0.39, 0.29) is 11.4 Å². The van der Waals surface area contributed by atoms with Crippen molar-refractivity contribution in [2.75, 3.05) is 0 Å². The number of hydroxylamine groups is 1. The summed E-state index contributed by atoms with van der Waals surface area (Å²) in [5.74, 6) is -0.152. The van der Waals surface area contributed by atoms with E-state index in [1.165, 1.54) is 18.2 Å². The van der Waals surface area contributed by atoms with Gasteiger partial charge in [-0.25, -0.2) is 4.99 Å². The van der Waals surface area contributed by atoms with E-state index in [1.54, 1.807) is 23.7 Å². The van der Waals surface area contributed by atoms with Crippen LogP contribution in [0, 0.1) is 11.3 Å². The molecule has 0 heterocycles. The van der Waals surface area contributed by atoms with Crippen LogP contribution in [0.3, 0.4) is 0 Å². The van der Waals surface area contributed by atoms with Gasteiger partial charge in [0, 0.05) is 5.56 Å². The number of hydrogen-bond acceptors (Lipinski definition) is 3. The van der Waals surface area contributed by atoms with Crippen LogP contribution in [-0.4, -0.2) is 11.0 Å². The minimum Gasteiger partial charge on any atom is -0.290 e. The fourth-order valence-electron chi connectivity index (χ4n) is 1.77. The Hall–Kier alpha value is -2.85. The summed E-state index contributed by atoms with van der Waals surface area (Å²) in [4.78, 5) is 4.02. The Labute approximate surface area is 124 Å². The quantitative estimate of drug-likeness (QED) is 0.506. The van der Waals surface area contributed by atoms with Crippen LogP contribution < -0.4 is 5.48 Å². The first kappa shape index (κ1) is 15.5. The lowest BCUT2D eigenvalue weighted by molar-refractivity contribution is -0.137. The molecule has 0 saturated carbocycles. The molecule has 0 saturated heterocycles. The minimum absolute atomic E-state index is 0.0692. The van der Waals surface area contributed by atoms with Crippen LogP contribution in [-0.2, 0) is 6.18 Å². The molecule has 2 rings (SSSR count). The van der Waals surface area contributed by atoms with Gasteiger partial charge in [0.25, 0.3) is 0 Å². The molecule has 0 radical (unpaired) electrons. The van der Waals surface area contributed by atoms with Gasteiger partial charge in [0.2, 0.25) is 0 Å². The number of nitrogens with zero attached hydrogens (tertiary/aromatic N) is 2. The van der Waals surface area contributed by atoms with Crippen molar-refractivity contribution in [1.29, 1.82) is 5.26 Å². The standard InChI is InChI=1S/C15H10F3N3O/c16-15(17,18)12-5-2-4-11(8-12)14(21-22)20-13-6-1-3-10(7-13)9-19/h1-8,22H,(H,20,21). The summed E-state index contributed by atoms with van der Waals surface area (Å²) in [6, 6.07) is 12.5. The largest absolute Gasteiger partial charge is 0.416 e. The molecule has 2 aromatic rings. The summed E-state index contributed by atoms with van der Waals surface area (Å²) in [6.45, 7) is 0. The van der Waals surface area contributed by atoms with Crippen molar-refractivity contribution >= 4 is 11.5 Å². The average molecular weight is 305 g/mol. The number of halogens is 3. The molecule has 22 heavy (non-hydrogen) atoms. The highest BCUT2D eigenvalue weighted by Gasteiger charge is 2.30. The maximum Gasteiger partial charge on any atom is 0.416 e. The van der Waals surface area contributed by atoms with Crippen LogP contribution in [0.4, 0.5) is 18.9 Å². The third-order valence-corrected chi connectivity index (χ3v) is 2.79. The zero-order valence-electron chi connectivity index (χ0n) is 11.1. The Balaban J connectivity index is 2.44. The first-order valence-electron chi connectivity index (χ1n) is 6.10. The maximum atomic E-state index is 12.7. The molecule has 0 spiro atoms. The predicted octanol–water partition coefficient (Wildman–Crippen LogP) is 3.63. The predicted molar refractivity (Wildman–Crippen MR) is 73.7 cm³/mol. The van der Waals surface area contributed by atoms with Gasteiger partial charge in [-0.1, -0.05) is 18.2 Å². The van der Waals surface area contributed by atoms with E-state index in [0.29, 0.717) is 11.3 Å². The molecule has 0 aliphatic carbocycles. The highest BCUT2D eigenvalue weighted by Crippen LogP contribution is 2.29. The fraction of sp³-hybridized carbons (Fsp3) is 0.0667. The number of nitriles is 1. The van der Waals surface area contributed by atoms with Crippen molar-refractivity contribution < 1.29 is 18.4 Å². The Bertz CT molecular complexity index is 748. The summed E-state index contributed by atoms with van der Waals surface area (Å²) in [7, 11) is 0. The van der Waals surface area contributed by atoms with E-state index < -0.39 is 11.7 Å². The lowest BCUT2D eigenvalue weighted by Crippen LogP contribution is -2.20. The summed E-state index contributed by atoms with van der Waals surface area (Å²) >= 11 is 0. The summed E-state index contributed by atoms with van der Waals surface area (Å²) in [6.07, 6.45) is -4.49. The topological polar surface area (TPSA) is 68.4 Å². The molecular formula is C15H10F3N3O. The number of nitrogens with one attached hydrogen (secondary N) is 1. The number of alkyl halides is 3. The molecule has 0 amide bonds. The number of hydrogen-bond donors (Lipinski definition) is 2. The third-order valence-electron chi connectivity index (χ3n) is 2.79. The molecule has 0 unspecified atom stereocenters. The van der Waals surface area contributed by atoms with Crippen LogP contribution in [0.2, 0.25) is 0 Å². The highest BCUT2D eigenvalue weighted by atomic mass is 19.4. The van der Waals surface area contributed by atoms with E-state index in [1.807, 2.05) is 6.07 Å². The second-order valence-corrected chi connectivity index (χ2v) is 4.31. The molecule has 0 fully saturated rings. The van der Waals surface area contributed by atoms with Gasteiger partial charge >= 0.3 is 6.18 Å². The van der Waals surface area contributed by atoms with Gasteiger partial charge in [-0.15, -0.1) is 0 Å². The maximum absolute atomic E-state index is 12.7. The van der Waals surface area contributed by atoms with Crippen molar-refractivity contribution in [2.45, 2.75) is 6.18 Å². The minimum atomic E-state index is -4.49. The van der Waals surface area contributed by atoms with Gasteiger partial charge in [0.1, 0.15) is 0 Å². The van der Waals surface area contributed by atoms with Gasteiger partial charge in [-0.05, 0) is 30.3 Å². The van der Waals surface area contributed by atoms with Crippen molar-refractivity contribution in [1.82, 2.24) is 5.48 Å². The molecule has 2 aromatic carbocycles. The summed E-state index contributed by atoms with van der Waals surface area (Å²) in [5.41, 5.74) is 1.68. The van der Waals surface area contributed by atoms with Gasteiger partial charge < -0.3 is 0 Å². The van der Waals surface area contributed by atoms with Crippen LogP contribution in [0.25, 0.3) is 0 Å². The number of amidine groups is 1. The SMILES string of the molecule is N#Cc1cccc(N=C(NO)c2cccc(C(F)(F)F)c2)c1. The van der Waals surface area contributed by atoms with E-state index >= 15 is 0 Å². The summed E-state index contributed by atoms with van der Waals surface area (Å²) in [5, 5.41) is 17.9. The molecule has 112 valence electrons. The van der Waals surface area contributed by atoms with E-state index in [0.717, 1.165) is 12.1 Å². The van der Waals surface area contributed by atoms with Gasteiger partial charge in [0.15, 0.2) is 5.84 Å². The van der Waals surface area contributed by atoms with Crippen LogP contribution in [0.5, 0.6) is 0 Å². The van der Waals surface area contributed by atoms with Crippen LogP contribution in [0.1, 0.15) is 16.7 Å². The van der Waals surface area contributed by atoms with Crippen molar-refractivity contribution in [3.8, 4) is 6.07 Å². The normalized spacial score (nSPS) is 11.9. The van der Waals surface area contributed by atoms with E-state index in [9.17, 15) is 13.2 Å². The molecule has 0 aromatic heterocycles. The van der Waals surface area contributed by atoms with Crippen molar-refractivity contribution in [2.24, 2.45) is 4.99 Å². The lowest BCUT2D eigenvalue weighted by Gasteiger charge is -2.10. The fourth-order valence-corrected chi connectivity index (χ4v) is 1.77. The lowest BCUT2D eigenvalue weighted by atomic mass is 10.1. The van der Waals surface area contributed by atoms with Crippen LogP contribution >= 0.6 is 0 Å². The number of benzene rings is 2. The second kappa shape index (κ2) is 6.28. The number of rotatable bonds is 2.